The average Bonchev–Trinajstić information content (AvgIpc) is 3.02. The lowest BCUT2D eigenvalue weighted by Crippen LogP contribution is -2.21. The van der Waals surface area contributed by atoms with Crippen molar-refractivity contribution in [2.75, 3.05) is 11.9 Å². The van der Waals surface area contributed by atoms with E-state index in [1.54, 1.807) is 0 Å². The van der Waals surface area contributed by atoms with Crippen LogP contribution < -0.4 is 5.32 Å². The van der Waals surface area contributed by atoms with Crippen molar-refractivity contribution in [1.82, 2.24) is 10.2 Å². The van der Waals surface area contributed by atoms with Gasteiger partial charge in [-0.15, -0.1) is 10.2 Å². The lowest BCUT2D eigenvalue weighted by molar-refractivity contribution is -0.137. The number of carbonyl (C=O) groups is 1. The molecule has 1 aliphatic heterocycles. The van der Waals surface area contributed by atoms with Gasteiger partial charge in [-0.25, -0.2) is 0 Å². The molecular weight excluding hydrogens is 282 g/mol. The Balaban J connectivity index is 1.55. The van der Waals surface area contributed by atoms with Gasteiger partial charge in [-0.2, -0.15) is 0 Å². The highest BCUT2D eigenvalue weighted by atomic mass is 32.2. The van der Waals surface area contributed by atoms with Crippen molar-refractivity contribution >= 4 is 34.2 Å². The summed E-state index contributed by atoms with van der Waals surface area (Å²) < 4.78 is 5.80. The summed E-state index contributed by atoms with van der Waals surface area (Å²) in [6.45, 7) is 0.530. The van der Waals surface area contributed by atoms with E-state index in [2.05, 4.69) is 15.5 Å². The Morgan fingerprint density at radius 1 is 1.21 bits per heavy atom. The Morgan fingerprint density at radius 2 is 2.05 bits per heavy atom. The summed E-state index contributed by atoms with van der Waals surface area (Å²) in [5.41, 5.74) is 0. The van der Waals surface area contributed by atoms with Gasteiger partial charge in [0.2, 0.25) is 5.13 Å². The first kappa shape index (κ1) is 13.2. The maximum Gasteiger partial charge on any atom is 0.319 e. The molecule has 0 spiro atoms. The second kappa shape index (κ2) is 6.09. The van der Waals surface area contributed by atoms with Gasteiger partial charge in [-0.3, -0.25) is 4.79 Å². The van der Waals surface area contributed by atoms with Gasteiger partial charge in [0.25, 0.3) is 0 Å². The van der Waals surface area contributed by atoms with E-state index in [-0.39, 0.29) is 11.2 Å². The number of ether oxygens (including phenoxy) is 1. The monoisotopic (exact) mass is 299 g/mol. The van der Waals surface area contributed by atoms with Crippen LogP contribution in [0.2, 0.25) is 0 Å². The fourth-order valence-electron chi connectivity index (χ4n) is 2.44. The van der Waals surface area contributed by atoms with Crippen LogP contribution in [0.1, 0.15) is 38.5 Å². The molecule has 0 amide bonds. The van der Waals surface area contributed by atoms with Crippen LogP contribution in [-0.4, -0.2) is 34.1 Å². The van der Waals surface area contributed by atoms with Crippen LogP contribution in [-0.2, 0) is 9.53 Å². The molecule has 0 radical (unpaired) electrons. The van der Waals surface area contributed by atoms with Crippen molar-refractivity contribution in [1.29, 1.82) is 0 Å². The molecule has 0 bridgehead atoms. The SMILES string of the molecule is O=C1OCC[C@H]1Sc1nnc(NC2CCCCC2)s1. The smallest absolute Gasteiger partial charge is 0.319 e. The molecule has 19 heavy (non-hydrogen) atoms. The number of carbonyl (C=O) groups excluding carboxylic acids is 1. The summed E-state index contributed by atoms with van der Waals surface area (Å²) in [7, 11) is 0. The van der Waals surface area contributed by atoms with Gasteiger partial charge >= 0.3 is 5.97 Å². The first-order valence-corrected chi connectivity index (χ1v) is 8.44. The van der Waals surface area contributed by atoms with Crippen LogP contribution in [0.25, 0.3) is 0 Å². The van der Waals surface area contributed by atoms with E-state index in [0.29, 0.717) is 12.6 Å². The Bertz CT molecular complexity index is 446. The second-order valence-electron chi connectivity index (χ2n) is 4.92. The lowest BCUT2D eigenvalue weighted by Gasteiger charge is -2.21. The molecule has 2 aliphatic rings. The molecule has 0 aromatic carbocycles. The summed E-state index contributed by atoms with van der Waals surface area (Å²) >= 11 is 3.01. The largest absolute Gasteiger partial charge is 0.465 e. The predicted octanol–water partition coefficient (Wildman–Crippen LogP) is 2.69. The van der Waals surface area contributed by atoms with Gasteiger partial charge in [-0.1, -0.05) is 42.4 Å². The molecule has 0 unspecified atom stereocenters. The normalized spacial score (nSPS) is 24.4. The van der Waals surface area contributed by atoms with Crippen LogP contribution >= 0.6 is 23.1 Å². The van der Waals surface area contributed by atoms with Gasteiger partial charge in [0.05, 0.1) is 6.61 Å². The van der Waals surface area contributed by atoms with Crippen LogP contribution in [0.15, 0.2) is 4.34 Å². The molecule has 1 saturated heterocycles. The fraction of sp³-hybridized carbons (Fsp3) is 0.750. The van der Waals surface area contributed by atoms with Gasteiger partial charge in [0.15, 0.2) is 4.34 Å². The molecule has 1 aromatic heterocycles. The molecule has 104 valence electrons. The Hall–Kier alpha value is -0.820. The Kier molecular flexibility index (Phi) is 4.22. The maximum atomic E-state index is 11.4. The molecule has 1 aromatic rings. The minimum atomic E-state index is -0.123. The van der Waals surface area contributed by atoms with E-state index in [1.165, 1.54) is 55.2 Å². The predicted molar refractivity (Wildman–Crippen MR) is 75.6 cm³/mol. The van der Waals surface area contributed by atoms with E-state index in [4.69, 9.17) is 4.74 Å². The standard InChI is InChI=1S/C12H17N3O2S2/c16-10-9(6-7-17-10)18-12-15-14-11(19-12)13-8-4-2-1-3-5-8/h8-9H,1-7H2,(H,13,14)/t9-/m1/s1. The minimum absolute atomic E-state index is 0.101. The third-order valence-corrected chi connectivity index (χ3v) is 5.65. The maximum absolute atomic E-state index is 11.4. The Labute approximate surface area is 120 Å². The summed E-state index contributed by atoms with van der Waals surface area (Å²) in [6, 6.07) is 0.538. The number of hydrogen-bond acceptors (Lipinski definition) is 7. The number of anilines is 1. The van der Waals surface area contributed by atoms with E-state index in [9.17, 15) is 4.79 Å². The third kappa shape index (κ3) is 3.39. The summed E-state index contributed by atoms with van der Waals surface area (Å²) in [5, 5.41) is 12.5. The van der Waals surface area contributed by atoms with E-state index in [1.807, 2.05) is 0 Å². The highest BCUT2D eigenvalue weighted by molar-refractivity contribution is 8.02. The molecule has 3 rings (SSSR count). The molecule has 1 N–H and O–H groups in total. The van der Waals surface area contributed by atoms with Crippen LogP contribution in [0, 0.1) is 0 Å². The quantitative estimate of drug-likeness (QED) is 0.862. The molecule has 2 heterocycles. The molecular formula is C12H17N3O2S2. The van der Waals surface area contributed by atoms with Crippen molar-refractivity contribution in [3.8, 4) is 0 Å². The first-order chi connectivity index (χ1) is 9.31. The fourth-order valence-corrected chi connectivity index (χ4v) is 4.49. The highest BCUT2D eigenvalue weighted by Crippen LogP contribution is 2.33. The zero-order valence-corrected chi connectivity index (χ0v) is 12.3. The Morgan fingerprint density at radius 3 is 2.79 bits per heavy atom. The number of nitrogens with one attached hydrogen (secondary N) is 1. The highest BCUT2D eigenvalue weighted by Gasteiger charge is 2.28. The van der Waals surface area contributed by atoms with Crippen LogP contribution in [0.5, 0.6) is 0 Å². The number of cyclic esters (lactones) is 1. The number of rotatable bonds is 4. The number of thioether (sulfide) groups is 1. The van der Waals surface area contributed by atoms with E-state index >= 15 is 0 Å². The molecule has 2 fully saturated rings. The zero-order valence-electron chi connectivity index (χ0n) is 10.6. The molecule has 1 saturated carbocycles. The van der Waals surface area contributed by atoms with Gasteiger partial charge < -0.3 is 10.1 Å². The molecule has 1 atom stereocenters. The van der Waals surface area contributed by atoms with Crippen LogP contribution in [0.4, 0.5) is 5.13 Å². The third-order valence-electron chi connectivity index (χ3n) is 3.47. The second-order valence-corrected chi connectivity index (χ2v) is 7.34. The summed E-state index contributed by atoms with van der Waals surface area (Å²) in [5.74, 6) is -0.123. The number of hydrogen-bond donors (Lipinski definition) is 1. The average molecular weight is 299 g/mol. The minimum Gasteiger partial charge on any atom is -0.465 e. The lowest BCUT2D eigenvalue weighted by atomic mass is 9.96. The molecule has 7 heteroatoms. The number of aromatic nitrogens is 2. The van der Waals surface area contributed by atoms with Gasteiger partial charge in [0.1, 0.15) is 5.25 Å². The molecule has 1 aliphatic carbocycles. The van der Waals surface area contributed by atoms with E-state index in [0.717, 1.165) is 15.9 Å². The zero-order chi connectivity index (χ0) is 13.1. The topological polar surface area (TPSA) is 64.1 Å². The van der Waals surface area contributed by atoms with Gasteiger partial charge in [0, 0.05) is 12.5 Å². The van der Waals surface area contributed by atoms with E-state index < -0.39 is 0 Å². The first-order valence-electron chi connectivity index (χ1n) is 6.74. The van der Waals surface area contributed by atoms with Gasteiger partial charge in [-0.05, 0) is 12.8 Å². The van der Waals surface area contributed by atoms with Crippen molar-refractivity contribution in [2.45, 2.75) is 54.2 Å². The van der Waals surface area contributed by atoms with Crippen molar-refractivity contribution in [2.24, 2.45) is 0 Å². The summed E-state index contributed by atoms with van der Waals surface area (Å²) in [4.78, 5) is 11.4. The van der Waals surface area contributed by atoms with Crippen molar-refractivity contribution < 1.29 is 9.53 Å². The summed E-state index contributed by atoms with van der Waals surface area (Å²) in [6.07, 6.45) is 7.15. The van der Waals surface area contributed by atoms with Crippen LogP contribution in [0.3, 0.4) is 0 Å². The molecule has 5 nitrogen and oxygen atoms in total. The van der Waals surface area contributed by atoms with Crippen molar-refractivity contribution in [3.05, 3.63) is 0 Å². The van der Waals surface area contributed by atoms with Crippen molar-refractivity contribution in [3.63, 3.8) is 0 Å². The number of esters is 1. The number of nitrogens with zero attached hydrogens (tertiary/aromatic N) is 2.